The molecule has 0 saturated carbocycles. The highest BCUT2D eigenvalue weighted by atomic mass is 32.2. The summed E-state index contributed by atoms with van der Waals surface area (Å²) in [6, 6.07) is 10.0. The average molecular weight is 375 g/mol. The van der Waals surface area contributed by atoms with Crippen molar-refractivity contribution < 1.29 is 17.7 Å². The molecular formula is C17H22BN3O4S. The molecule has 1 aliphatic rings. The van der Waals surface area contributed by atoms with Gasteiger partial charge in [0, 0.05) is 17.3 Å². The zero-order chi connectivity index (χ0) is 19.2. The summed E-state index contributed by atoms with van der Waals surface area (Å²) < 4.78 is 39.9. The van der Waals surface area contributed by atoms with E-state index in [1.807, 2.05) is 27.7 Å². The fourth-order valence-electron chi connectivity index (χ4n) is 2.51. The summed E-state index contributed by atoms with van der Waals surface area (Å²) in [5, 5.41) is 0. The van der Waals surface area contributed by atoms with Crippen LogP contribution in [-0.4, -0.2) is 31.7 Å². The first-order valence-corrected chi connectivity index (χ1v) is 9.69. The molecule has 1 saturated heterocycles. The molecule has 0 radical (unpaired) electrons. The lowest BCUT2D eigenvalue weighted by molar-refractivity contribution is 0.00578. The first kappa shape index (κ1) is 18.7. The zero-order valence-electron chi connectivity index (χ0n) is 15.2. The number of nitrogens with two attached hydrogens (primary N) is 1. The molecule has 1 fully saturated rings. The molecule has 1 aliphatic heterocycles. The van der Waals surface area contributed by atoms with E-state index in [0.717, 1.165) is 0 Å². The minimum absolute atomic E-state index is 0.0892. The van der Waals surface area contributed by atoms with E-state index in [1.54, 1.807) is 30.3 Å². The van der Waals surface area contributed by atoms with Gasteiger partial charge >= 0.3 is 7.12 Å². The first-order valence-electron chi connectivity index (χ1n) is 8.21. The molecule has 7 nitrogen and oxygen atoms in total. The summed E-state index contributed by atoms with van der Waals surface area (Å²) in [4.78, 5) is 3.91. The minimum atomic E-state index is -3.90. The Hall–Kier alpha value is -2.10. The molecular weight excluding hydrogens is 353 g/mol. The highest BCUT2D eigenvalue weighted by Gasteiger charge is 2.52. The molecule has 2 heterocycles. The number of nitrogens with one attached hydrogen (secondary N) is 1. The van der Waals surface area contributed by atoms with Gasteiger partial charge in [0.1, 0.15) is 10.7 Å². The molecule has 0 atom stereocenters. The van der Waals surface area contributed by atoms with Crippen LogP contribution in [0.15, 0.2) is 47.5 Å². The molecule has 0 aliphatic carbocycles. The van der Waals surface area contributed by atoms with Gasteiger partial charge < -0.3 is 15.0 Å². The molecule has 3 rings (SSSR count). The number of hydrogen-bond donors (Lipinski definition) is 2. The van der Waals surface area contributed by atoms with Crippen molar-refractivity contribution in [3.8, 4) is 0 Å². The number of nitrogens with zero attached hydrogens (tertiary/aromatic N) is 1. The summed E-state index contributed by atoms with van der Waals surface area (Å²) >= 11 is 0. The maximum Gasteiger partial charge on any atom is 0.496 e. The van der Waals surface area contributed by atoms with E-state index in [-0.39, 0.29) is 10.7 Å². The van der Waals surface area contributed by atoms with Crippen LogP contribution in [0, 0.1) is 0 Å². The molecule has 0 unspecified atom stereocenters. The third kappa shape index (κ3) is 3.42. The van der Waals surface area contributed by atoms with Gasteiger partial charge in [-0.15, -0.1) is 0 Å². The highest BCUT2D eigenvalue weighted by Crippen LogP contribution is 2.36. The smallest absolute Gasteiger partial charge is 0.399 e. The number of sulfonamides is 1. The second-order valence-corrected chi connectivity index (χ2v) is 8.86. The number of benzene rings is 1. The van der Waals surface area contributed by atoms with Gasteiger partial charge in [-0.2, -0.15) is 0 Å². The largest absolute Gasteiger partial charge is 0.496 e. The molecule has 26 heavy (non-hydrogen) atoms. The van der Waals surface area contributed by atoms with Crippen molar-refractivity contribution in [2.75, 3.05) is 10.5 Å². The lowest BCUT2D eigenvalue weighted by atomic mass is 9.80. The molecule has 3 N–H and O–H groups in total. The number of rotatable bonds is 4. The van der Waals surface area contributed by atoms with Crippen LogP contribution in [0.4, 0.5) is 11.5 Å². The lowest BCUT2D eigenvalue weighted by Gasteiger charge is -2.32. The number of nitrogen functional groups attached to an aromatic ring is 1. The lowest BCUT2D eigenvalue weighted by Crippen LogP contribution is -2.41. The average Bonchev–Trinajstić information content (AvgIpc) is 2.76. The number of para-hydroxylation sites is 1. The van der Waals surface area contributed by atoms with Crippen LogP contribution >= 0.6 is 0 Å². The predicted molar refractivity (Wildman–Crippen MR) is 102 cm³/mol. The quantitative estimate of drug-likeness (QED) is 0.790. The summed E-state index contributed by atoms with van der Waals surface area (Å²) in [6.45, 7) is 7.69. The molecule has 1 aromatic heterocycles. The second-order valence-electron chi connectivity index (χ2n) is 7.21. The van der Waals surface area contributed by atoms with Gasteiger partial charge in [-0.25, -0.2) is 13.4 Å². The van der Waals surface area contributed by atoms with Crippen molar-refractivity contribution in [2.45, 2.75) is 43.8 Å². The van der Waals surface area contributed by atoms with E-state index in [2.05, 4.69) is 9.71 Å². The molecule has 9 heteroatoms. The van der Waals surface area contributed by atoms with Crippen molar-refractivity contribution in [2.24, 2.45) is 0 Å². The Balaban J connectivity index is 1.94. The number of pyridine rings is 1. The number of aromatic nitrogens is 1. The third-order valence-corrected chi connectivity index (χ3v) is 6.15. The van der Waals surface area contributed by atoms with Gasteiger partial charge in [-0.05, 0) is 45.9 Å². The third-order valence-electron chi connectivity index (χ3n) is 4.74. The van der Waals surface area contributed by atoms with Gasteiger partial charge in [-0.1, -0.05) is 18.2 Å². The van der Waals surface area contributed by atoms with E-state index in [1.165, 1.54) is 12.3 Å². The number of anilines is 2. The fourth-order valence-corrected chi connectivity index (χ4v) is 3.69. The van der Waals surface area contributed by atoms with Crippen LogP contribution in [0.2, 0.25) is 0 Å². The predicted octanol–water partition coefficient (Wildman–Crippen LogP) is 1.76. The van der Waals surface area contributed by atoms with Crippen molar-refractivity contribution in [1.82, 2.24) is 4.98 Å². The summed E-state index contributed by atoms with van der Waals surface area (Å²) in [5.74, 6) is -0.0892. The van der Waals surface area contributed by atoms with Crippen LogP contribution in [0.1, 0.15) is 27.7 Å². The van der Waals surface area contributed by atoms with Gasteiger partial charge in [0.2, 0.25) is 0 Å². The van der Waals surface area contributed by atoms with Crippen LogP contribution in [0.25, 0.3) is 0 Å². The van der Waals surface area contributed by atoms with Gasteiger partial charge in [-0.3, -0.25) is 4.72 Å². The van der Waals surface area contributed by atoms with Gasteiger partial charge in [0.25, 0.3) is 10.0 Å². The topological polar surface area (TPSA) is 104 Å². The molecule has 0 spiro atoms. The number of hydrogen-bond acceptors (Lipinski definition) is 6. The zero-order valence-corrected chi connectivity index (χ0v) is 16.0. The first-order chi connectivity index (χ1) is 12.0. The van der Waals surface area contributed by atoms with E-state index >= 15 is 0 Å². The molecule has 138 valence electrons. The monoisotopic (exact) mass is 375 g/mol. The van der Waals surface area contributed by atoms with Gasteiger partial charge in [0.05, 0.1) is 11.2 Å². The normalized spacial score (nSPS) is 18.7. The summed E-state index contributed by atoms with van der Waals surface area (Å²) in [6.07, 6.45) is 1.47. The van der Waals surface area contributed by atoms with Crippen LogP contribution in [-0.2, 0) is 19.3 Å². The minimum Gasteiger partial charge on any atom is -0.399 e. The van der Waals surface area contributed by atoms with E-state index in [9.17, 15) is 8.42 Å². The van der Waals surface area contributed by atoms with Crippen LogP contribution < -0.4 is 15.9 Å². The molecule has 2 aromatic rings. The van der Waals surface area contributed by atoms with E-state index < -0.39 is 28.3 Å². The Kier molecular flexibility index (Phi) is 4.50. The Morgan fingerprint density at radius 1 is 1.08 bits per heavy atom. The highest BCUT2D eigenvalue weighted by molar-refractivity contribution is 7.92. The van der Waals surface area contributed by atoms with Crippen LogP contribution in [0.5, 0.6) is 0 Å². The summed E-state index contributed by atoms with van der Waals surface area (Å²) in [7, 11) is -4.63. The van der Waals surface area contributed by atoms with Crippen LogP contribution in [0.3, 0.4) is 0 Å². The SMILES string of the molecule is CC1(C)OB(c2cnc(N)c(S(=O)(=O)Nc3ccccc3)c2)OC1(C)C. The summed E-state index contributed by atoms with van der Waals surface area (Å²) in [5.41, 5.74) is 5.67. The van der Waals surface area contributed by atoms with Crippen molar-refractivity contribution in [3.63, 3.8) is 0 Å². The Bertz CT molecular complexity index is 901. The second kappa shape index (κ2) is 6.26. The molecule has 0 bridgehead atoms. The van der Waals surface area contributed by atoms with E-state index in [0.29, 0.717) is 11.2 Å². The fraction of sp³-hybridized carbons (Fsp3) is 0.353. The van der Waals surface area contributed by atoms with Crippen molar-refractivity contribution >= 4 is 34.1 Å². The van der Waals surface area contributed by atoms with Crippen molar-refractivity contribution in [3.05, 3.63) is 42.6 Å². The Morgan fingerprint density at radius 3 is 2.23 bits per heavy atom. The Labute approximate surface area is 154 Å². The van der Waals surface area contributed by atoms with Crippen molar-refractivity contribution in [1.29, 1.82) is 0 Å². The molecule has 1 aromatic carbocycles. The molecule has 0 amide bonds. The maximum atomic E-state index is 12.7. The van der Waals surface area contributed by atoms with Gasteiger partial charge in [0.15, 0.2) is 0 Å². The maximum absolute atomic E-state index is 12.7. The van der Waals surface area contributed by atoms with E-state index in [4.69, 9.17) is 15.0 Å². The Morgan fingerprint density at radius 2 is 1.65 bits per heavy atom. The standard InChI is InChI=1S/C17H22BN3O4S/c1-16(2)17(3,4)25-18(24-16)12-10-14(15(19)20-11-12)26(22,23)21-13-8-6-5-7-9-13/h5-11,21H,1-4H3,(H2,19,20).